The Morgan fingerprint density at radius 3 is 2.77 bits per heavy atom. The van der Waals surface area contributed by atoms with Gasteiger partial charge in [-0.05, 0) is 60.7 Å². The van der Waals surface area contributed by atoms with E-state index in [4.69, 9.17) is 0 Å². The number of aromatic nitrogens is 4. The number of benzene rings is 1. The SMILES string of the molecule is O=C(c1cccc(NCc2nnnn2C2CCC2)c1)N1CCC(O)CC1. The van der Waals surface area contributed by atoms with Gasteiger partial charge < -0.3 is 15.3 Å². The van der Waals surface area contributed by atoms with E-state index in [9.17, 15) is 9.90 Å². The van der Waals surface area contributed by atoms with E-state index in [-0.39, 0.29) is 12.0 Å². The summed E-state index contributed by atoms with van der Waals surface area (Å²) in [7, 11) is 0. The molecule has 8 nitrogen and oxygen atoms in total. The van der Waals surface area contributed by atoms with Crippen LogP contribution in [-0.2, 0) is 6.54 Å². The van der Waals surface area contributed by atoms with Gasteiger partial charge in [-0.2, -0.15) is 0 Å². The molecule has 1 aromatic heterocycles. The molecule has 0 atom stereocenters. The number of aliphatic hydroxyl groups is 1. The molecule has 1 aliphatic carbocycles. The fourth-order valence-corrected chi connectivity index (χ4v) is 3.44. The average Bonchev–Trinajstić information content (AvgIpc) is 3.07. The summed E-state index contributed by atoms with van der Waals surface area (Å²) in [6, 6.07) is 7.93. The third-order valence-corrected chi connectivity index (χ3v) is 5.29. The summed E-state index contributed by atoms with van der Waals surface area (Å²) < 4.78 is 1.91. The van der Waals surface area contributed by atoms with Crippen molar-refractivity contribution in [2.75, 3.05) is 18.4 Å². The number of carbonyl (C=O) groups excluding carboxylic acids is 1. The number of tetrazole rings is 1. The van der Waals surface area contributed by atoms with Crippen molar-refractivity contribution in [1.29, 1.82) is 0 Å². The molecule has 4 rings (SSSR count). The van der Waals surface area contributed by atoms with Crippen molar-refractivity contribution in [2.45, 2.75) is 50.8 Å². The minimum atomic E-state index is -0.284. The highest BCUT2D eigenvalue weighted by atomic mass is 16.3. The Labute approximate surface area is 152 Å². The Morgan fingerprint density at radius 1 is 1.23 bits per heavy atom. The topological polar surface area (TPSA) is 96.2 Å². The molecule has 2 N–H and O–H groups in total. The Kier molecular flexibility index (Phi) is 4.83. The summed E-state index contributed by atoms with van der Waals surface area (Å²) in [6.45, 7) is 1.73. The highest BCUT2D eigenvalue weighted by Crippen LogP contribution is 2.31. The van der Waals surface area contributed by atoms with Gasteiger partial charge in [0.1, 0.15) is 0 Å². The Balaban J connectivity index is 1.40. The number of piperidine rings is 1. The number of rotatable bonds is 5. The maximum Gasteiger partial charge on any atom is 0.253 e. The van der Waals surface area contributed by atoms with Crippen LogP contribution < -0.4 is 5.32 Å². The lowest BCUT2D eigenvalue weighted by Gasteiger charge is -2.29. The molecule has 2 aliphatic rings. The van der Waals surface area contributed by atoms with Crippen LogP contribution in [0.2, 0.25) is 0 Å². The summed E-state index contributed by atoms with van der Waals surface area (Å²) in [5.74, 6) is 0.830. The molecule has 1 saturated carbocycles. The van der Waals surface area contributed by atoms with Gasteiger partial charge in [-0.15, -0.1) is 5.10 Å². The zero-order valence-corrected chi connectivity index (χ0v) is 14.7. The molecule has 0 radical (unpaired) electrons. The highest BCUT2D eigenvalue weighted by molar-refractivity contribution is 5.95. The molecule has 26 heavy (non-hydrogen) atoms. The van der Waals surface area contributed by atoms with Crippen molar-refractivity contribution in [3.8, 4) is 0 Å². The van der Waals surface area contributed by atoms with E-state index >= 15 is 0 Å². The van der Waals surface area contributed by atoms with Crippen LogP contribution in [0.15, 0.2) is 24.3 Å². The smallest absolute Gasteiger partial charge is 0.253 e. The minimum absolute atomic E-state index is 0.0138. The van der Waals surface area contributed by atoms with E-state index in [1.165, 1.54) is 6.42 Å². The van der Waals surface area contributed by atoms with Gasteiger partial charge in [0.05, 0.1) is 18.7 Å². The second-order valence-electron chi connectivity index (χ2n) is 7.08. The fourth-order valence-electron chi connectivity index (χ4n) is 3.44. The van der Waals surface area contributed by atoms with Crippen LogP contribution in [0.25, 0.3) is 0 Å². The van der Waals surface area contributed by atoms with Gasteiger partial charge in [0.2, 0.25) is 0 Å². The Morgan fingerprint density at radius 2 is 2.04 bits per heavy atom. The molecule has 1 aliphatic heterocycles. The van der Waals surface area contributed by atoms with Gasteiger partial charge in [-0.3, -0.25) is 4.79 Å². The zero-order valence-electron chi connectivity index (χ0n) is 14.7. The Hall–Kier alpha value is -2.48. The van der Waals surface area contributed by atoms with Crippen LogP contribution in [0.3, 0.4) is 0 Å². The van der Waals surface area contributed by atoms with Crippen LogP contribution in [0.5, 0.6) is 0 Å². The number of hydrogen-bond acceptors (Lipinski definition) is 6. The first-order chi connectivity index (χ1) is 12.7. The molecule has 1 aromatic carbocycles. The van der Waals surface area contributed by atoms with Crippen molar-refractivity contribution < 1.29 is 9.90 Å². The first kappa shape index (κ1) is 17.0. The first-order valence-electron chi connectivity index (χ1n) is 9.29. The molecule has 2 fully saturated rings. The van der Waals surface area contributed by atoms with E-state index < -0.39 is 0 Å². The van der Waals surface area contributed by atoms with E-state index in [1.807, 2.05) is 33.8 Å². The standard InChI is InChI=1S/C18H24N6O2/c25-16-7-9-23(10-8-16)18(26)13-3-1-4-14(11-13)19-12-17-20-21-22-24(17)15-5-2-6-15/h1,3-4,11,15-16,19,25H,2,5-10,12H2. The molecule has 0 spiro atoms. The number of likely N-dealkylation sites (tertiary alicyclic amines) is 1. The maximum absolute atomic E-state index is 12.7. The first-order valence-corrected chi connectivity index (χ1v) is 9.29. The van der Waals surface area contributed by atoms with Crippen LogP contribution in [-0.4, -0.2) is 55.3 Å². The largest absolute Gasteiger partial charge is 0.393 e. The van der Waals surface area contributed by atoms with E-state index in [1.54, 1.807) is 0 Å². The number of nitrogens with one attached hydrogen (secondary N) is 1. The van der Waals surface area contributed by atoms with Crippen molar-refractivity contribution in [3.05, 3.63) is 35.7 Å². The summed E-state index contributed by atoms with van der Waals surface area (Å²) in [6.07, 6.45) is 4.50. The molecule has 0 bridgehead atoms. The lowest BCUT2D eigenvalue weighted by molar-refractivity contribution is 0.0546. The van der Waals surface area contributed by atoms with E-state index in [0.717, 1.165) is 24.4 Å². The van der Waals surface area contributed by atoms with Gasteiger partial charge in [0.15, 0.2) is 5.82 Å². The number of anilines is 1. The van der Waals surface area contributed by atoms with Gasteiger partial charge in [-0.1, -0.05) is 6.07 Å². The molecule has 2 aromatic rings. The molecule has 0 unspecified atom stereocenters. The Bertz CT molecular complexity index is 765. The van der Waals surface area contributed by atoms with Gasteiger partial charge >= 0.3 is 0 Å². The third-order valence-electron chi connectivity index (χ3n) is 5.29. The molecule has 138 valence electrons. The highest BCUT2D eigenvalue weighted by Gasteiger charge is 2.24. The number of carbonyl (C=O) groups is 1. The van der Waals surface area contributed by atoms with Gasteiger partial charge in [0.25, 0.3) is 5.91 Å². The van der Waals surface area contributed by atoms with Crippen LogP contribution >= 0.6 is 0 Å². The zero-order chi connectivity index (χ0) is 17.9. The summed E-state index contributed by atoms with van der Waals surface area (Å²) in [5.41, 5.74) is 1.53. The van der Waals surface area contributed by atoms with Crippen molar-refractivity contribution in [1.82, 2.24) is 25.1 Å². The molecular weight excluding hydrogens is 332 g/mol. The summed E-state index contributed by atoms with van der Waals surface area (Å²) >= 11 is 0. The lowest BCUT2D eigenvalue weighted by atomic mass is 9.93. The predicted molar refractivity (Wildman–Crippen MR) is 95.6 cm³/mol. The van der Waals surface area contributed by atoms with Crippen molar-refractivity contribution in [3.63, 3.8) is 0 Å². The maximum atomic E-state index is 12.7. The van der Waals surface area contributed by atoms with Gasteiger partial charge in [0, 0.05) is 24.3 Å². The fraction of sp³-hybridized carbons (Fsp3) is 0.556. The average molecular weight is 356 g/mol. The quantitative estimate of drug-likeness (QED) is 0.845. The number of amides is 1. The summed E-state index contributed by atoms with van der Waals surface area (Å²) in [4.78, 5) is 14.5. The predicted octanol–water partition coefficient (Wildman–Crippen LogP) is 1.61. The number of hydrogen-bond donors (Lipinski definition) is 2. The minimum Gasteiger partial charge on any atom is -0.393 e. The summed E-state index contributed by atoms with van der Waals surface area (Å²) in [5, 5.41) is 24.9. The lowest BCUT2D eigenvalue weighted by Crippen LogP contribution is -2.40. The van der Waals surface area contributed by atoms with Crippen LogP contribution in [0.1, 0.15) is 54.3 Å². The molecule has 8 heteroatoms. The monoisotopic (exact) mass is 356 g/mol. The second-order valence-corrected chi connectivity index (χ2v) is 7.08. The number of nitrogens with zero attached hydrogens (tertiary/aromatic N) is 5. The van der Waals surface area contributed by atoms with E-state index in [0.29, 0.717) is 44.1 Å². The second kappa shape index (κ2) is 7.41. The van der Waals surface area contributed by atoms with Gasteiger partial charge in [-0.25, -0.2) is 4.68 Å². The van der Waals surface area contributed by atoms with Crippen molar-refractivity contribution >= 4 is 11.6 Å². The van der Waals surface area contributed by atoms with Crippen LogP contribution in [0.4, 0.5) is 5.69 Å². The normalized spacial score (nSPS) is 18.6. The molecule has 1 saturated heterocycles. The van der Waals surface area contributed by atoms with Crippen molar-refractivity contribution in [2.24, 2.45) is 0 Å². The number of aliphatic hydroxyl groups excluding tert-OH is 1. The molecule has 1 amide bonds. The molecule has 2 heterocycles. The third kappa shape index (κ3) is 3.55. The molecular formula is C18H24N6O2. The van der Waals surface area contributed by atoms with E-state index in [2.05, 4.69) is 20.8 Å². The van der Waals surface area contributed by atoms with Crippen LogP contribution in [0, 0.1) is 0 Å².